The zero-order valence-corrected chi connectivity index (χ0v) is 35.0. The molecular weight excluding hydrogens is 602 g/mol. The van der Waals surface area contributed by atoms with E-state index in [0.717, 1.165) is 0 Å². The fourth-order valence-electron chi connectivity index (χ4n) is 8.15. The van der Waals surface area contributed by atoms with Crippen LogP contribution in [0.15, 0.2) is 0 Å². The summed E-state index contributed by atoms with van der Waals surface area (Å²) in [5.41, 5.74) is 0.821. The molecule has 0 nitrogen and oxygen atoms in total. The van der Waals surface area contributed by atoms with Gasteiger partial charge in [-0.05, 0) is 77.5 Å². The standard InChI is InChI=1S/C37H76IP/c1-26(2)27(3,4)28(5,6)29(7,8)30(9,10)31(11,12)32(13,14)33(15,16)34(17,18)35(19,20)36(21,22)37(23,24)39(25)38/h26H,1-25H3. The van der Waals surface area contributed by atoms with Gasteiger partial charge in [-0.15, -0.1) is 0 Å². The molecule has 0 aromatic carbocycles. The van der Waals surface area contributed by atoms with Gasteiger partial charge in [0.2, 0.25) is 0 Å². The maximum Gasteiger partial charge on any atom is -0.000696 e. The van der Waals surface area contributed by atoms with Crippen molar-refractivity contribution >= 4 is 27.6 Å². The number of hydrogen-bond acceptors (Lipinski definition) is 0. The van der Waals surface area contributed by atoms with Crippen LogP contribution in [0.2, 0.25) is 0 Å². The zero-order valence-electron chi connectivity index (χ0n) is 31.9. The molecule has 0 N–H and O–H groups in total. The van der Waals surface area contributed by atoms with Crippen molar-refractivity contribution in [3.05, 3.63) is 0 Å². The first-order chi connectivity index (χ1) is 16.4. The summed E-state index contributed by atoms with van der Waals surface area (Å²) in [6.45, 7) is 63.9. The van der Waals surface area contributed by atoms with Gasteiger partial charge < -0.3 is 0 Å². The highest BCUT2D eigenvalue weighted by molar-refractivity contribution is 14.2. The van der Waals surface area contributed by atoms with E-state index in [2.05, 4.69) is 195 Å². The molecule has 0 aliphatic rings. The third-order valence-corrected chi connectivity index (χ3v) is 23.6. The van der Waals surface area contributed by atoms with Crippen LogP contribution in [0.1, 0.15) is 166 Å². The number of halogens is 1. The lowest BCUT2D eigenvalue weighted by molar-refractivity contribution is -0.236. The van der Waals surface area contributed by atoms with Crippen LogP contribution in [0.25, 0.3) is 0 Å². The van der Waals surface area contributed by atoms with Crippen LogP contribution in [0.5, 0.6) is 0 Å². The van der Waals surface area contributed by atoms with Gasteiger partial charge in [0.25, 0.3) is 0 Å². The Morgan fingerprint density at radius 1 is 0.359 bits per heavy atom. The van der Waals surface area contributed by atoms with Gasteiger partial charge in [-0.3, -0.25) is 0 Å². The predicted octanol–water partition coefficient (Wildman–Crippen LogP) is 14.1. The Labute approximate surface area is 264 Å². The summed E-state index contributed by atoms with van der Waals surface area (Å²) in [6.07, 6.45) is 0. The number of rotatable bonds is 12. The molecule has 0 spiro atoms. The van der Waals surface area contributed by atoms with Gasteiger partial charge in [0, 0.05) is 0 Å². The zero-order chi connectivity index (χ0) is 32.7. The summed E-state index contributed by atoms with van der Waals surface area (Å²) in [7, 11) is 0. The lowest BCUT2D eigenvalue weighted by atomic mass is 9.33. The van der Waals surface area contributed by atoms with Crippen molar-refractivity contribution in [1.82, 2.24) is 0 Å². The van der Waals surface area contributed by atoms with Crippen molar-refractivity contribution in [3.63, 3.8) is 0 Å². The molecule has 236 valence electrons. The summed E-state index contributed by atoms with van der Waals surface area (Å²) in [5.74, 6) is 0.613. The molecular formula is C37H76IP. The lowest BCUT2D eigenvalue weighted by Crippen LogP contribution is -2.66. The first-order valence-corrected chi connectivity index (χ1v) is 20.4. The van der Waals surface area contributed by atoms with Gasteiger partial charge in [-0.25, -0.2) is 0 Å². The third-order valence-electron chi connectivity index (χ3n) is 17.9. The Bertz CT molecular complexity index is 784. The summed E-state index contributed by atoms with van der Waals surface area (Å²) in [6, 6.07) is 0. The molecule has 39 heavy (non-hydrogen) atoms. The van der Waals surface area contributed by atoms with Crippen molar-refractivity contribution < 1.29 is 0 Å². The van der Waals surface area contributed by atoms with E-state index < -0.39 is 0 Å². The van der Waals surface area contributed by atoms with Crippen LogP contribution >= 0.6 is 27.6 Å². The second-order valence-electron chi connectivity index (χ2n) is 19.5. The Hall–Kier alpha value is 1.16. The molecule has 0 saturated carbocycles. The minimum absolute atomic E-state index is 0.0427. The van der Waals surface area contributed by atoms with E-state index in [1.807, 2.05) is 0 Å². The van der Waals surface area contributed by atoms with Crippen molar-refractivity contribution in [2.45, 2.75) is 171 Å². The van der Waals surface area contributed by atoms with Crippen molar-refractivity contribution in [1.29, 1.82) is 0 Å². The Morgan fingerprint density at radius 2 is 0.538 bits per heavy atom. The van der Waals surface area contributed by atoms with Crippen LogP contribution in [0.3, 0.4) is 0 Å². The molecule has 1 atom stereocenters. The Balaban J connectivity index is 7.29. The molecule has 2 heteroatoms. The molecule has 0 heterocycles. The third kappa shape index (κ3) is 5.08. The highest BCUT2D eigenvalue weighted by atomic mass is 127. The average Bonchev–Trinajstić information content (AvgIpc) is 2.71. The molecule has 0 amide bonds. The Morgan fingerprint density at radius 3 is 0.718 bits per heavy atom. The fourth-order valence-corrected chi connectivity index (χ4v) is 11.0. The lowest BCUT2D eigenvalue weighted by Gasteiger charge is -2.72. The molecule has 0 fully saturated rings. The highest BCUT2D eigenvalue weighted by Gasteiger charge is 2.68. The van der Waals surface area contributed by atoms with E-state index in [0.29, 0.717) is 5.92 Å². The van der Waals surface area contributed by atoms with E-state index in [1.165, 1.54) is 0 Å². The van der Waals surface area contributed by atoms with E-state index in [1.54, 1.807) is 0 Å². The summed E-state index contributed by atoms with van der Waals surface area (Å²) < 4.78 is 0. The van der Waals surface area contributed by atoms with Crippen LogP contribution < -0.4 is 0 Å². The second-order valence-corrected chi connectivity index (χ2v) is 26.0. The van der Waals surface area contributed by atoms with E-state index in [9.17, 15) is 0 Å². The molecule has 0 bridgehead atoms. The SMILES string of the molecule is CC(C)C(C)(C)C(C)(C)C(C)(C)C(C)(C)C(C)(C)C(C)(C)C(C)(C)C(C)(C)C(C)(C)C(C)(C)C(C)(C)P(C)I. The normalized spacial score (nSPS) is 17.6. The quantitative estimate of drug-likeness (QED) is 0.142. The molecule has 0 aromatic heterocycles. The molecule has 0 aliphatic heterocycles. The minimum Gasteiger partial charge on any atom is -0.0622 e. The molecule has 0 radical (unpaired) electrons. The number of hydrogen-bond donors (Lipinski definition) is 0. The molecule has 0 rings (SSSR count). The molecule has 0 aromatic rings. The van der Waals surface area contributed by atoms with Crippen LogP contribution in [-0.2, 0) is 0 Å². The Kier molecular flexibility index (Phi) is 11.0. The molecule has 1 unspecified atom stereocenters. The summed E-state index contributed by atoms with van der Waals surface area (Å²) >= 11 is 2.73. The van der Waals surface area contributed by atoms with Gasteiger partial charge in [0.15, 0.2) is 0 Å². The average molecular weight is 679 g/mol. The van der Waals surface area contributed by atoms with Crippen molar-refractivity contribution in [2.75, 3.05) is 6.66 Å². The first-order valence-electron chi connectivity index (χ1n) is 15.8. The van der Waals surface area contributed by atoms with Crippen molar-refractivity contribution in [2.24, 2.45) is 60.1 Å². The summed E-state index contributed by atoms with van der Waals surface area (Å²) in [5, 5.41) is 0.257. The fraction of sp³-hybridized carbons (Fsp3) is 1.00. The largest absolute Gasteiger partial charge is 0.0622 e. The van der Waals surface area contributed by atoms with Crippen LogP contribution in [-0.4, -0.2) is 11.8 Å². The predicted molar refractivity (Wildman–Crippen MR) is 194 cm³/mol. The van der Waals surface area contributed by atoms with E-state index in [-0.39, 0.29) is 64.9 Å². The van der Waals surface area contributed by atoms with Crippen LogP contribution in [0, 0.1) is 60.1 Å². The van der Waals surface area contributed by atoms with Gasteiger partial charge in [0.05, 0.1) is 0 Å². The van der Waals surface area contributed by atoms with E-state index in [4.69, 9.17) is 0 Å². The smallest absolute Gasteiger partial charge is 0.000696 e. The summed E-state index contributed by atoms with van der Waals surface area (Å²) in [4.78, 5) is 0. The molecule has 0 aliphatic carbocycles. The van der Waals surface area contributed by atoms with Gasteiger partial charge in [-0.1, -0.05) is 188 Å². The van der Waals surface area contributed by atoms with E-state index >= 15 is 0 Å². The second kappa shape index (κ2) is 10.7. The maximum atomic E-state index is 2.73. The topological polar surface area (TPSA) is 0 Å². The van der Waals surface area contributed by atoms with Gasteiger partial charge >= 0.3 is 0 Å². The van der Waals surface area contributed by atoms with Gasteiger partial charge in [0.1, 0.15) is 0 Å². The monoisotopic (exact) mass is 678 g/mol. The molecule has 0 saturated heterocycles. The first kappa shape index (κ1) is 40.2. The van der Waals surface area contributed by atoms with Gasteiger partial charge in [-0.2, -0.15) is 0 Å². The van der Waals surface area contributed by atoms with Crippen LogP contribution in [0.4, 0.5) is 0 Å². The maximum absolute atomic E-state index is 2.73. The minimum atomic E-state index is -0.124. The highest BCUT2D eigenvalue weighted by Crippen LogP contribution is 2.76. The van der Waals surface area contributed by atoms with Crippen molar-refractivity contribution in [3.8, 4) is 0 Å².